The van der Waals surface area contributed by atoms with Gasteiger partial charge in [0.1, 0.15) is 0 Å². The fourth-order valence-electron chi connectivity index (χ4n) is 5.19. The highest BCUT2D eigenvalue weighted by molar-refractivity contribution is 6.30. The monoisotopic (exact) mass is 479 g/mol. The van der Waals surface area contributed by atoms with Crippen molar-refractivity contribution in [1.82, 2.24) is 5.32 Å². The van der Waals surface area contributed by atoms with Gasteiger partial charge in [-0.05, 0) is 67.1 Å². The van der Waals surface area contributed by atoms with Crippen LogP contribution in [0.25, 0.3) is 0 Å². The summed E-state index contributed by atoms with van der Waals surface area (Å²) in [6.07, 6.45) is 5.84. The number of carbonyl (C=O) groups excluding carboxylic acids is 1. The van der Waals surface area contributed by atoms with Crippen LogP contribution in [-0.2, 0) is 16.6 Å². The molecule has 2 nitrogen and oxygen atoms in total. The summed E-state index contributed by atoms with van der Waals surface area (Å²) in [4.78, 5) is 13.9. The molecular formula is C29H31Cl2NO. The average Bonchev–Trinajstić information content (AvgIpc) is 2.84. The highest BCUT2D eigenvalue weighted by Gasteiger charge is 2.42. The van der Waals surface area contributed by atoms with Gasteiger partial charge in [-0.15, -0.1) is 0 Å². The molecular weight excluding hydrogens is 449 g/mol. The Kier molecular flexibility index (Phi) is 7.78. The Balaban J connectivity index is 1.61. The van der Waals surface area contributed by atoms with Crippen molar-refractivity contribution in [3.63, 3.8) is 0 Å². The summed E-state index contributed by atoms with van der Waals surface area (Å²) in [5, 5.41) is 4.85. The second-order valence-corrected chi connectivity index (χ2v) is 10.1. The predicted molar refractivity (Wildman–Crippen MR) is 138 cm³/mol. The summed E-state index contributed by atoms with van der Waals surface area (Å²) in [6, 6.07) is 26.3. The van der Waals surface area contributed by atoms with Crippen molar-refractivity contribution >= 4 is 29.1 Å². The Morgan fingerprint density at radius 2 is 1.58 bits per heavy atom. The molecule has 4 heteroatoms. The van der Waals surface area contributed by atoms with Gasteiger partial charge in [0.05, 0.1) is 5.41 Å². The first kappa shape index (κ1) is 23.9. The molecule has 33 heavy (non-hydrogen) atoms. The van der Waals surface area contributed by atoms with Crippen molar-refractivity contribution in [2.45, 2.75) is 62.8 Å². The lowest BCUT2D eigenvalue weighted by atomic mass is 9.68. The lowest BCUT2D eigenvalue weighted by molar-refractivity contribution is -0.128. The van der Waals surface area contributed by atoms with E-state index in [-0.39, 0.29) is 17.9 Å². The van der Waals surface area contributed by atoms with Crippen LogP contribution in [0.2, 0.25) is 10.0 Å². The molecule has 0 heterocycles. The van der Waals surface area contributed by atoms with Gasteiger partial charge < -0.3 is 5.32 Å². The molecule has 1 saturated carbocycles. The predicted octanol–water partition coefficient (Wildman–Crippen LogP) is 7.73. The number of hydrogen-bond donors (Lipinski definition) is 1. The Labute approximate surface area is 207 Å². The van der Waals surface area contributed by atoms with Gasteiger partial charge in [-0.2, -0.15) is 0 Å². The van der Waals surface area contributed by atoms with E-state index in [1.165, 1.54) is 17.5 Å². The van der Waals surface area contributed by atoms with Crippen molar-refractivity contribution in [2.75, 3.05) is 0 Å². The van der Waals surface area contributed by atoms with E-state index in [1.54, 1.807) is 0 Å². The average molecular weight is 480 g/mol. The minimum atomic E-state index is -0.515. The summed E-state index contributed by atoms with van der Waals surface area (Å²) in [7, 11) is 0. The van der Waals surface area contributed by atoms with Crippen molar-refractivity contribution in [2.24, 2.45) is 0 Å². The molecule has 0 spiro atoms. The molecule has 2 atom stereocenters. The molecule has 1 amide bonds. The second kappa shape index (κ2) is 10.8. The molecule has 3 aromatic rings. The number of hydrogen-bond acceptors (Lipinski definition) is 1. The number of rotatable bonds is 7. The molecule has 0 saturated heterocycles. The number of nitrogens with one attached hydrogen (secondary N) is 1. The van der Waals surface area contributed by atoms with E-state index in [2.05, 4.69) is 54.7 Å². The van der Waals surface area contributed by atoms with E-state index in [1.807, 2.05) is 36.4 Å². The van der Waals surface area contributed by atoms with Gasteiger partial charge >= 0.3 is 0 Å². The zero-order valence-corrected chi connectivity index (χ0v) is 20.6. The molecule has 0 bridgehead atoms. The molecule has 0 aliphatic heterocycles. The first-order chi connectivity index (χ1) is 16.0. The third-order valence-electron chi connectivity index (χ3n) is 7.08. The number of amides is 1. The van der Waals surface area contributed by atoms with Crippen LogP contribution in [0.3, 0.4) is 0 Å². The van der Waals surface area contributed by atoms with Crippen molar-refractivity contribution < 1.29 is 4.79 Å². The topological polar surface area (TPSA) is 29.1 Å². The molecule has 1 aliphatic carbocycles. The lowest BCUT2D eigenvalue weighted by Crippen LogP contribution is -2.50. The largest absolute Gasteiger partial charge is 0.352 e. The smallest absolute Gasteiger partial charge is 0.230 e. The van der Waals surface area contributed by atoms with Gasteiger partial charge in [0, 0.05) is 22.0 Å². The van der Waals surface area contributed by atoms with Crippen LogP contribution in [0.15, 0.2) is 78.9 Å². The summed E-state index contributed by atoms with van der Waals surface area (Å²) in [6.45, 7) is 2.12. The van der Waals surface area contributed by atoms with Gasteiger partial charge in [0.15, 0.2) is 0 Å². The minimum Gasteiger partial charge on any atom is -0.352 e. The minimum absolute atomic E-state index is 0.0337. The SMILES string of the molecule is CC(NC(=O)C1(c2cccc(Cl)c2)CCCCC1)C(Cc1ccc(Cl)cc1)c1ccccc1. The van der Waals surface area contributed by atoms with Crippen LogP contribution >= 0.6 is 23.2 Å². The van der Waals surface area contributed by atoms with Crippen LogP contribution in [0.1, 0.15) is 61.6 Å². The number of carbonyl (C=O) groups is 1. The molecule has 172 valence electrons. The Bertz CT molecular complexity index is 1060. The van der Waals surface area contributed by atoms with Crippen LogP contribution in [0.5, 0.6) is 0 Å². The lowest BCUT2D eigenvalue weighted by Gasteiger charge is -2.38. The van der Waals surface area contributed by atoms with Crippen molar-refractivity contribution in [3.8, 4) is 0 Å². The third kappa shape index (κ3) is 5.62. The molecule has 0 aromatic heterocycles. The highest BCUT2D eigenvalue weighted by Crippen LogP contribution is 2.41. The first-order valence-electron chi connectivity index (χ1n) is 11.8. The fourth-order valence-corrected chi connectivity index (χ4v) is 5.51. The Morgan fingerprint density at radius 3 is 2.24 bits per heavy atom. The van der Waals surface area contributed by atoms with Gasteiger partial charge in [-0.3, -0.25) is 4.79 Å². The molecule has 1 N–H and O–H groups in total. The Morgan fingerprint density at radius 1 is 0.879 bits per heavy atom. The van der Waals surface area contributed by atoms with E-state index in [4.69, 9.17) is 23.2 Å². The van der Waals surface area contributed by atoms with E-state index in [0.29, 0.717) is 5.02 Å². The van der Waals surface area contributed by atoms with E-state index in [0.717, 1.165) is 42.7 Å². The standard InChI is InChI=1S/C29H31Cl2NO/c1-21(27(23-9-4-2-5-10-23)19-22-13-15-25(30)16-14-22)32-28(33)29(17-6-3-7-18-29)24-11-8-12-26(31)20-24/h2,4-5,8-16,20-21,27H,3,6-7,17-19H2,1H3,(H,32,33). The maximum absolute atomic E-state index is 13.9. The zero-order valence-electron chi connectivity index (χ0n) is 19.1. The number of benzene rings is 3. The molecule has 1 aliphatic rings. The molecule has 4 rings (SSSR count). The van der Waals surface area contributed by atoms with Crippen molar-refractivity contribution in [3.05, 3.63) is 106 Å². The van der Waals surface area contributed by atoms with Gasteiger partial charge in [0.25, 0.3) is 0 Å². The molecule has 0 radical (unpaired) electrons. The summed E-state index contributed by atoms with van der Waals surface area (Å²) in [5.74, 6) is 0.269. The van der Waals surface area contributed by atoms with E-state index in [9.17, 15) is 4.79 Å². The maximum atomic E-state index is 13.9. The summed E-state index contributed by atoms with van der Waals surface area (Å²) in [5.41, 5.74) is 2.95. The number of halogens is 2. The quantitative estimate of drug-likeness (QED) is 0.368. The van der Waals surface area contributed by atoms with Gasteiger partial charge in [0.2, 0.25) is 5.91 Å². The Hall–Kier alpha value is -2.29. The van der Waals surface area contributed by atoms with Gasteiger partial charge in [-0.25, -0.2) is 0 Å². The second-order valence-electron chi connectivity index (χ2n) is 9.26. The third-order valence-corrected chi connectivity index (χ3v) is 7.56. The molecule has 1 fully saturated rings. The van der Waals surface area contributed by atoms with Crippen LogP contribution in [-0.4, -0.2) is 11.9 Å². The summed E-state index contributed by atoms with van der Waals surface area (Å²) >= 11 is 12.4. The van der Waals surface area contributed by atoms with Gasteiger partial charge in [-0.1, -0.05) is 97.1 Å². The van der Waals surface area contributed by atoms with Crippen LogP contribution in [0, 0.1) is 0 Å². The van der Waals surface area contributed by atoms with Crippen LogP contribution in [0.4, 0.5) is 0 Å². The van der Waals surface area contributed by atoms with Crippen molar-refractivity contribution in [1.29, 1.82) is 0 Å². The summed E-state index contributed by atoms with van der Waals surface area (Å²) < 4.78 is 0. The fraction of sp³-hybridized carbons (Fsp3) is 0.345. The first-order valence-corrected chi connectivity index (χ1v) is 12.6. The zero-order chi connectivity index (χ0) is 23.3. The molecule has 2 unspecified atom stereocenters. The molecule has 3 aromatic carbocycles. The maximum Gasteiger partial charge on any atom is 0.230 e. The van der Waals surface area contributed by atoms with Crippen LogP contribution < -0.4 is 5.32 Å². The van der Waals surface area contributed by atoms with E-state index >= 15 is 0 Å². The highest BCUT2D eigenvalue weighted by atomic mass is 35.5. The van der Waals surface area contributed by atoms with E-state index < -0.39 is 5.41 Å². The normalized spacial score (nSPS) is 17.2.